The SMILES string of the molecule is Cc1ccsc1C(=O)Nc1ccc(S(=O)(=O)N2CCN(C)CC2)cc1. The predicted octanol–water partition coefficient (Wildman–Crippen LogP) is 2.24. The first-order chi connectivity index (χ1) is 11.9. The van der Waals surface area contributed by atoms with Gasteiger partial charge in [-0.15, -0.1) is 11.3 Å². The zero-order chi connectivity index (χ0) is 18.0. The van der Waals surface area contributed by atoms with Crippen LogP contribution in [0.4, 0.5) is 5.69 Å². The molecule has 6 nitrogen and oxygen atoms in total. The van der Waals surface area contributed by atoms with E-state index in [-0.39, 0.29) is 10.8 Å². The van der Waals surface area contributed by atoms with E-state index in [1.54, 1.807) is 24.3 Å². The van der Waals surface area contributed by atoms with Crippen LogP contribution >= 0.6 is 11.3 Å². The van der Waals surface area contributed by atoms with E-state index in [1.165, 1.54) is 15.6 Å². The molecule has 1 aromatic heterocycles. The highest BCUT2D eigenvalue weighted by molar-refractivity contribution is 7.89. The van der Waals surface area contributed by atoms with Gasteiger partial charge in [-0.2, -0.15) is 4.31 Å². The molecular formula is C17H21N3O3S2. The standard InChI is InChI=1S/C17H21N3O3S2/c1-13-7-12-24-16(13)17(21)18-14-3-5-15(6-4-14)25(22,23)20-10-8-19(2)9-11-20/h3-7,12H,8-11H2,1-2H3,(H,18,21). The second-order valence-electron chi connectivity index (χ2n) is 6.12. The molecule has 2 aromatic rings. The predicted molar refractivity (Wildman–Crippen MR) is 99.7 cm³/mol. The summed E-state index contributed by atoms with van der Waals surface area (Å²) in [5, 5.41) is 4.68. The van der Waals surface area contributed by atoms with Crippen molar-refractivity contribution >= 4 is 33.0 Å². The molecule has 0 saturated carbocycles. The fraction of sp³-hybridized carbons (Fsp3) is 0.353. The third kappa shape index (κ3) is 3.92. The van der Waals surface area contributed by atoms with Crippen LogP contribution in [0.5, 0.6) is 0 Å². The van der Waals surface area contributed by atoms with Gasteiger partial charge in [0.1, 0.15) is 0 Å². The van der Waals surface area contributed by atoms with Gasteiger partial charge in [-0.1, -0.05) is 0 Å². The molecule has 1 aliphatic rings. The van der Waals surface area contributed by atoms with Crippen LogP contribution < -0.4 is 5.32 Å². The van der Waals surface area contributed by atoms with E-state index in [2.05, 4.69) is 10.2 Å². The summed E-state index contributed by atoms with van der Waals surface area (Å²) < 4.78 is 26.9. The van der Waals surface area contributed by atoms with Gasteiger partial charge in [-0.25, -0.2) is 8.42 Å². The second-order valence-corrected chi connectivity index (χ2v) is 8.97. The van der Waals surface area contributed by atoms with Crippen LogP contribution in [0.15, 0.2) is 40.6 Å². The van der Waals surface area contributed by atoms with Crippen LogP contribution in [0, 0.1) is 6.92 Å². The number of aryl methyl sites for hydroxylation is 1. The maximum absolute atomic E-state index is 12.7. The molecule has 3 rings (SSSR count). The van der Waals surface area contributed by atoms with Crippen molar-refractivity contribution in [3.63, 3.8) is 0 Å². The van der Waals surface area contributed by atoms with Crippen molar-refractivity contribution in [2.45, 2.75) is 11.8 Å². The number of piperazine rings is 1. The van der Waals surface area contributed by atoms with Gasteiger partial charge in [-0.3, -0.25) is 4.79 Å². The van der Waals surface area contributed by atoms with E-state index >= 15 is 0 Å². The van der Waals surface area contributed by atoms with E-state index in [0.717, 1.165) is 18.7 Å². The molecule has 1 aliphatic heterocycles. The molecule has 25 heavy (non-hydrogen) atoms. The number of nitrogens with zero attached hydrogens (tertiary/aromatic N) is 2. The molecule has 0 bridgehead atoms. The Morgan fingerprint density at radius 3 is 2.28 bits per heavy atom. The second kappa shape index (κ2) is 7.25. The quantitative estimate of drug-likeness (QED) is 0.885. The van der Waals surface area contributed by atoms with Crippen molar-refractivity contribution in [2.24, 2.45) is 0 Å². The Balaban J connectivity index is 1.71. The Morgan fingerprint density at radius 1 is 1.08 bits per heavy atom. The number of hydrogen-bond acceptors (Lipinski definition) is 5. The van der Waals surface area contributed by atoms with Gasteiger partial charge in [0.25, 0.3) is 5.91 Å². The van der Waals surface area contributed by atoms with Crippen molar-refractivity contribution < 1.29 is 13.2 Å². The molecule has 8 heteroatoms. The van der Waals surface area contributed by atoms with Gasteiger partial charge in [0.2, 0.25) is 10.0 Å². The number of carbonyl (C=O) groups is 1. The Morgan fingerprint density at radius 2 is 1.72 bits per heavy atom. The smallest absolute Gasteiger partial charge is 0.265 e. The first kappa shape index (κ1) is 18.1. The highest BCUT2D eigenvalue weighted by atomic mass is 32.2. The molecule has 0 radical (unpaired) electrons. The molecule has 0 spiro atoms. The average Bonchev–Trinajstić information content (AvgIpc) is 3.02. The lowest BCUT2D eigenvalue weighted by molar-refractivity contribution is 0.103. The van der Waals surface area contributed by atoms with Crippen LogP contribution in [0.3, 0.4) is 0 Å². The fourth-order valence-electron chi connectivity index (χ4n) is 2.68. The molecule has 1 N–H and O–H groups in total. The van der Waals surface area contributed by atoms with E-state index < -0.39 is 10.0 Å². The Bertz CT molecular complexity index is 852. The molecule has 0 atom stereocenters. The highest BCUT2D eigenvalue weighted by Crippen LogP contribution is 2.21. The molecule has 1 saturated heterocycles. The molecule has 1 amide bonds. The number of amides is 1. The van der Waals surface area contributed by atoms with Gasteiger partial charge in [0, 0.05) is 31.9 Å². The Labute approximate surface area is 152 Å². The number of hydrogen-bond donors (Lipinski definition) is 1. The molecule has 0 unspecified atom stereocenters. The van der Waals surface area contributed by atoms with Crippen LogP contribution in [0.1, 0.15) is 15.2 Å². The summed E-state index contributed by atoms with van der Waals surface area (Å²) in [4.78, 5) is 15.2. The molecule has 134 valence electrons. The minimum absolute atomic E-state index is 0.179. The minimum atomic E-state index is -3.48. The van der Waals surface area contributed by atoms with Crippen LogP contribution in [-0.2, 0) is 10.0 Å². The van der Waals surface area contributed by atoms with Crippen molar-refractivity contribution in [1.29, 1.82) is 0 Å². The summed E-state index contributed by atoms with van der Waals surface area (Å²) in [5.41, 5.74) is 1.51. The lowest BCUT2D eigenvalue weighted by Gasteiger charge is -2.31. The minimum Gasteiger partial charge on any atom is -0.321 e. The van der Waals surface area contributed by atoms with Gasteiger partial charge in [0.05, 0.1) is 9.77 Å². The number of nitrogens with one attached hydrogen (secondary N) is 1. The van der Waals surface area contributed by atoms with E-state index in [4.69, 9.17) is 0 Å². The fourth-order valence-corrected chi connectivity index (χ4v) is 4.92. The highest BCUT2D eigenvalue weighted by Gasteiger charge is 2.27. The van der Waals surface area contributed by atoms with Crippen molar-refractivity contribution in [2.75, 3.05) is 38.5 Å². The Kier molecular flexibility index (Phi) is 5.24. The van der Waals surface area contributed by atoms with Crippen molar-refractivity contribution in [3.8, 4) is 0 Å². The summed E-state index contributed by atoms with van der Waals surface area (Å²) in [5.74, 6) is -0.179. The molecule has 2 heterocycles. The normalized spacial score (nSPS) is 16.7. The summed E-state index contributed by atoms with van der Waals surface area (Å²) in [6.45, 7) is 4.34. The van der Waals surface area contributed by atoms with Crippen LogP contribution in [-0.4, -0.2) is 56.8 Å². The van der Waals surface area contributed by atoms with E-state index in [0.29, 0.717) is 23.7 Å². The third-order valence-electron chi connectivity index (χ3n) is 4.28. The van der Waals surface area contributed by atoms with Crippen LogP contribution in [0.25, 0.3) is 0 Å². The zero-order valence-electron chi connectivity index (χ0n) is 14.2. The van der Waals surface area contributed by atoms with Gasteiger partial charge < -0.3 is 10.2 Å². The Hall–Kier alpha value is -1.74. The van der Waals surface area contributed by atoms with Crippen molar-refractivity contribution in [3.05, 3.63) is 46.2 Å². The summed E-state index contributed by atoms with van der Waals surface area (Å²) in [6.07, 6.45) is 0. The van der Waals surface area contributed by atoms with Crippen LogP contribution in [0.2, 0.25) is 0 Å². The molecule has 0 aliphatic carbocycles. The number of carbonyl (C=O) groups excluding carboxylic acids is 1. The van der Waals surface area contributed by atoms with Gasteiger partial charge in [0.15, 0.2) is 0 Å². The topological polar surface area (TPSA) is 69.7 Å². The first-order valence-corrected chi connectivity index (χ1v) is 10.3. The monoisotopic (exact) mass is 379 g/mol. The first-order valence-electron chi connectivity index (χ1n) is 8.02. The maximum atomic E-state index is 12.7. The number of sulfonamides is 1. The molecule has 1 fully saturated rings. The average molecular weight is 380 g/mol. The molecular weight excluding hydrogens is 358 g/mol. The number of thiophene rings is 1. The van der Waals surface area contributed by atoms with E-state index in [9.17, 15) is 13.2 Å². The number of likely N-dealkylation sites (N-methyl/N-ethyl adjacent to an activating group) is 1. The van der Waals surface area contributed by atoms with E-state index in [1.807, 2.05) is 25.4 Å². The summed E-state index contributed by atoms with van der Waals surface area (Å²) in [6, 6.07) is 8.24. The lowest BCUT2D eigenvalue weighted by atomic mass is 10.2. The largest absolute Gasteiger partial charge is 0.321 e. The third-order valence-corrected chi connectivity index (χ3v) is 7.21. The lowest BCUT2D eigenvalue weighted by Crippen LogP contribution is -2.46. The number of benzene rings is 1. The van der Waals surface area contributed by atoms with Crippen molar-refractivity contribution in [1.82, 2.24) is 9.21 Å². The van der Waals surface area contributed by atoms with Gasteiger partial charge >= 0.3 is 0 Å². The number of rotatable bonds is 4. The zero-order valence-corrected chi connectivity index (χ0v) is 15.9. The summed E-state index contributed by atoms with van der Waals surface area (Å²) >= 11 is 1.38. The summed E-state index contributed by atoms with van der Waals surface area (Å²) in [7, 11) is -1.50. The maximum Gasteiger partial charge on any atom is 0.265 e. The number of anilines is 1. The van der Waals surface area contributed by atoms with Gasteiger partial charge in [-0.05, 0) is 55.2 Å². The molecule has 1 aromatic carbocycles.